The second kappa shape index (κ2) is 9.84. The number of aromatic nitrogens is 3. The smallest absolute Gasteiger partial charge is 0.434 e. The van der Waals surface area contributed by atoms with Gasteiger partial charge in [-0.2, -0.15) is 18.3 Å². The Hall–Kier alpha value is -3.41. The van der Waals surface area contributed by atoms with E-state index in [0.29, 0.717) is 29.9 Å². The van der Waals surface area contributed by atoms with Crippen molar-refractivity contribution in [3.8, 4) is 5.69 Å². The average Bonchev–Trinajstić information content (AvgIpc) is 3.45. The molecule has 0 N–H and O–H groups in total. The minimum atomic E-state index is -4.83. The van der Waals surface area contributed by atoms with E-state index in [1.165, 1.54) is 31.2 Å². The highest BCUT2D eigenvalue weighted by Gasteiger charge is 2.41. The van der Waals surface area contributed by atoms with Crippen LogP contribution in [0.1, 0.15) is 39.8 Å². The summed E-state index contributed by atoms with van der Waals surface area (Å²) in [5, 5.41) is 6.58. The molecule has 0 unspecified atom stereocenters. The SMILES string of the molecule is CCOC(=O)c1cnn(-c2ccc(C(=O)N3CCCN(c4nccs4)CC3)cc2)c1C(F)(F)F. The van der Waals surface area contributed by atoms with Crippen LogP contribution in [0.25, 0.3) is 5.69 Å². The van der Waals surface area contributed by atoms with E-state index in [1.807, 2.05) is 5.38 Å². The van der Waals surface area contributed by atoms with Crippen molar-refractivity contribution in [3.05, 3.63) is 58.9 Å². The molecule has 0 saturated carbocycles. The molecular weight excluding hydrogens is 471 g/mol. The van der Waals surface area contributed by atoms with Crippen LogP contribution in [-0.2, 0) is 10.9 Å². The minimum absolute atomic E-state index is 0.0593. The molecule has 0 atom stereocenters. The van der Waals surface area contributed by atoms with E-state index >= 15 is 0 Å². The van der Waals surface area contributed by atoms with E-state index in [-0.39, 0.29) is 18.2 Å². The number of carbonyl (C=O) groups is 2. The Morgan fingerprint density at radius 3 is 2.53 bits per heavy atom. The quantitative estimate of drug-likeness (QED) is 0.502. The Morgan fingerprint density at radius 1 is 1.12 bits per heavy atom. The molecule has 3 heterocycles. The molecule has 1 aromatic carbocycles. The lowest BCUT2D eigenvalue weighted by Gasteiger charge is -2.22. The molecule has 34 heavy (non-hydrogen) atoms. The Kier molecular flexibility index (Phi) is 6.87. The van der Waals surface area contributed by atoms with E-state index in [2.05, 4.69) is 15.0 Å². The second-order valence-electron chi connectivity index (χ2n) is 7.53. The van der Waals surface area contributed by atoms with Crippen LogP contribution in [0.15, 0.2) is 42.0 Å². The number of hydrogen-bond acceptors (Lipinski definition) is 7. The predicted molar refractivity (Wildman–Crippen MR) is 119 cm³/mol. The molecule has 0 spiro atoms. The molecule has 2 aromatic heterocycles. The molecule has 0 aliphatic carbocycles. The first-order valence-corrected chi connectivity index (χ1v) is 11.5. The van der Waals surface area contributed by atoms with Gasteiger partial charge in [-0.05, 0) is 37.6 Å². The van der Waals surface area contributed by atoms with Crippen molar-refractivity contribution in [2.75, 3.05) is 37.7 Å². The predicted octanol–water partition coefficient (Wildman–Crippen LogP) is 3.88. The molecule has 8 nitrogen and oxygen atoms in total. The van der Waals surface area contributed by atoms with Gasteiger partial charge in [-0.25, -0.2) is 14.5 Å². The van der Waals surface area contributed by atoms with Crippen molar-refractivity contribution in [1.82, 2.24) is 19.7 Å². The van der Waals surface area contributed by atoms with Gasteiger partial charge in [0.2, 0.25) is 0 Å². The highest BCUT2D eigenvalue weighted by Crippen LogP contribution is 2.34. The van der Waals surface area contributed by atoms with Gasteiger partial charge in [-0.1, -0.05) is 0 Å². The maximum absolute atomic E-state index is 13.7. The molecule has 0 radical (unpaired) electrons. The van der Waals surface area contributed by atoms with Crippen molar-refractivity contribution in [2.45, 2.75) is 19.5 Å². The minimum Gasteiger partial charge on any atom is -0.462 e. The third-order valence-electron chi connectivity index (χ3n) is 5.36. The summed E-state index contributed by atoms with van der Waals surface area (Å²) in [6.45, 7) is 3.97. The molecule has 1 fully saturated rings. The van der Waals surface area contributed by atoms with Crippen molar-refractivity contribution in [3.63, 3.8) is 0 Å². The Balaban J connectivity index is 1.52. The Bertz CT molecular complexity index is 1150. The van der Waals surface area contributed by atoms with Crippen molar-refractivity contribution < 1.29 is 27.5 Å². The number of halogens is 3. The van der Waals surface area contributed by atoms with Crippen LogP contribution in [0.4, 0.5) is 18.3 Å². The molecular formula is C22H22F3N5O3S. The summed E-state index contributed by atoms with van der Waals surface area (Å²) in [6.07, 6.45) is -1.47. The van der Waals surface area contributed by atoms with Gasteiger partial charge in [0.15, 0.2) is 10.8 Å². The van der Waals surface area contributed by atoms with Crippen LogP contribution in [0, 0.1) is 0 Å². The third kappa shape index (κ3) is 4.91. The topological polar surface area (TPSA) is 80.6 Å². The highest BCUT2D eigenvalue weighted by molar-refractivity contribution is 7.13. The maximum Gasteiger partial charge on any atom is 0.434 e. The molecule has 4 rings (SSSR count). The van der Waals surface area contributed by atoms with Crippen molar-refractivity contribution >= 4 is 28.3 Å². The van der Waals surface area contributed by atoms with Gasteiger partial charge in [0, 0.05) is 43.3 Å². The van der Waals surface area contributed by atoms with Crippen LogP contribution >= 0.6 is 11.3 Å². The van der Waals surface area contributed by atoms with E-state index in [0.717, 1.165) is 24.3 Å². The standard InChI is InChI=1S/C22H22F3N5O3S/c1-2-33-20(32)17-14-27-30(18(17)22(23,24)25)16-6-4-15(5-7-16)19(31)28-9-3-10-29(12-11-28)21-26-8-13-34-21/h4-8,13-14H,2-3,9-12H2,1H3. The van der Waals surface area contributed by atoms with Gasteiger partial charge in [0.25, 0.3) is 5.91 Å². The first-order chi connectivity index (χ1) is 16.3. The summed E-state index contributed by atoms with van der Waals surface area (Å²) in [5.74, 6) is -1.29. The molecule has 1 amide bonds. The van der Waals surface area contributed by atoms with E-state index < -0.39 is 23.4 Å². The summed E-state index contributed by atoms with van der Waals surface area (Å²) in [4.78, 5) is 33.2. The maximum atomic E-state index is 13.7. The molecule has 180 valence electrons. The number of hydrogen-bond donors (Lipinski definition) is 0. The van der Waals surface area contributed by atoms with Crippen LogP contribution in [0.5, 0.6) is 0 Å². The second-order valence-corrected chi connectivity index (χ2v) is 8.40. The summed E-state index contributed by atoms with van der Waals surface area (Å²) in [7, 11) is 0. The van der Waals surface area contributed by atoms with Crippen LogP contribution in [-0.4, -0.2) is 64.3 Å². The third-order valence-corrected chi connectivity index (χ3v) is 6.20. The largest absolute Gasteiger partial charge is 0.462 e. The fourth-order valence-corrected chi connectivity index (χ4v) is 4.48. The number of rotatable bonds is 5. The lowest BCUT2D eigenvalue weighted by Crippen LogP contribution is -2.35. The zero-order chi connectivity index (χ0) is 24.3. The van der Waals surface area contributed by atoms with Crippen LogP contribution in [0.2, 0.25) is 0 Å². The number of nitrogens with zero attached hydrogens (tertiary/aromatic N) is 5. The van der Waals surface area contributed by atoms with Gasteiger partial charge < -0.3 is 14.5 Å². The molecule has 12 heteroatoms. The molecule has 1 aliphatic heterocycles. The summed E-state index contributed by atoms with van der Waals surface area (Å²) >= 11 is 1.55. The normalized spacial score (nSPS) is 14.7. The number of ether oxygens (including phenoxy) is 1. The van der Waals surface area contributed by atoms with Crippen LogP contribution in [0.3, 0.4) is 0 Å². The van der Waals surface area contributed by atoms with E-state index in [4.69, 9.17) is 4.74 Å². The van der Waals surface area contributed by atoms with Crippen LogP contribution < -0.4 is 4.90 Å². The molecule has 3 aromatic rings. The number of amides is 1. The van der Waals surface area contributed by atoms with Gasteiger partial charge in [0.1, 0.15) is 5.56 Å². The fourth-order valence-electron chi connectivity index (χ4n) is 3.79. The number of thiazole rings is 1. The Labute approximate surface area is 197 Å². The number of alkyl halides is 3. The first-order valence-electron chi connectivity index (χ1n) is 10.7. The lowest BCUT2D eigenvalue weighted by molar-refractivity contribution is -0.143. The van der Waals surface area contributed by atoms with Gasteiger partial charge >= 0.3 is 12.1 Å². The fraction of sp³-hybridized carbons (Fsp3) is 0.364. The number of carbonyl (C=O) groups excluding carboxylic acids is 2. The zero-order valence-corrected chi connectivity index (χ0v) is 19.1. The summed E-state index contributed by atoms with van der Waals surface area (Å²) in [5.41, 5.74) is -1.45. The van der Waals surface area contributed by atoms with E-state index in [1.54, 1.807) is 22.4 Å². The van der Waals surface area contributed by atoms with Crippen molar-refractivity contribution in [1.29, 1.82) is 0 Å². The number of esters is 1. The van der Waals surface area contributed by atoms with Gasteiger partial charge in [-0.15, -0.1) is 11.3 Å². The summed E-state index contributed by atoms with van der Waals surface area (Å²) < 4.78 is 46.5. The first kappa shape index (κ1) is 23.7. The zero-order valence-electron chi connectivity index (χ0n) is 18.3. The molecule has 1 aliphatic rings. The molecule has 0 bridgehead atoms. The lowest BCUT2D eigenvalue weighted by atomic mass is 10.1. The summed E-state index contributed by atoms with van der Waals surface area (Å²) in [6, 6.07) is 5.69. The monoisotopic (exact) mass is 493 g/mol. The highest BCUT2D eigenvalue weighted by atomic mass is 32.1. The average molecular weight is 494 g/mol. The van der Waals surface area contributed by atoms with Gasteiger partial charge in [-0.3, -0.25) is 4.79 Å². The van der Waals surface area contributed by atoms with E-state index in [9.17, 15) is 22.8 Å². The number of benzene rings is 1. The van der Waals surface area contributed by atoms with Gasteiger partial charge in [0.05, 0.1) is 18.5 Å². The Morgan fingerprint density at radius 2 is 1.88 bits per heavy atom. The van der Waals surface area contributed by atoms with Crippen molar-refractivity contribution in [2.24, 2.45) is 0 Å². The number of anilines is 1. The molecule has 1 saturated heterocycles.